The van der Waals surface area contributed by atoms with Crippen LogP contribution in [0.25, 0.3) is 15.2 Å². The van der Waals surface area contributed by atoms with Crippen molar-refractivity contribution in [3.63, 3.8) is 0 Å². The molecule has 0 aliphatic carbocycles. The summed E-state index contributed by atoms with van der Waals surface area (Å²) in [7, 11) is -3.46. The molecule has 31 heavy (non-hydrogen) atoms. The lowest BCUT2D eigenvalue weighted by molar-refractivity contribution is -0.113. The van der Waals surface area contributed by atoms with E-state index >= 15 is 0 Å². The van der Waals surface area contributed by atoms with Crippen LogP contribution in [0.5, 0.6) is 0 Å². The van der Waals surface area contributed by atoms with Crippen LogP contribution in [0.1, 0.15) is 12.8 Å². The van der Waals surface area contributed by atoms with Gasteiger partial charge in [0.25, 0.3) is 0 Å². The molecule has 11 heteroatoms. The summed E-state index contributed by atoms with van der Waals surface area (Å²) in [6.45, 7) is 1.13. The van der Waals surface area contributed by atoms with Gasteiger partial charge in [-0.2, -0.15) is 4.31 Å². The second-order valence-corrected chi connectivity index (χ2v) is 11.0. The summed E-state index contributed by atoms with van der Waals surface area (Å²) >= 11 is 2.86. The van der Waals surface area contributed by atoms with E-state index in [9.17, 15) is 13.2 Å². The zero-order valence-electron chi connectivity index (χ0n) is 16.4. The lowest BCUT2D eigenvalue weighted by Crippen LogP contribution is -2.27. The van der Waals surface area contributed by atoms with Crippen molar-refractivity contribution < 1.29 is 13.2 Å². The van der Waals surface area contributed by atoms with Gasteiger partial charge in [-0.3, -0.25) is 9.20 Å². The van der Waals surface area contributed by atoms with Gasteiger partial charge in [0, 0.05) is 18.8 Å². The quantitative estimate of drug-likeness (QED) is 0.431. The van der Waals surface area contributed by atoms with Gasteiger partial charge in [0.1, 0.15) is 0 Å². The van der Waals surface area contributed by atoms with Gasteiger partial charge in [0.05, 0.1) is 20.9 Å². The third-order valence-electron chi connectivity index (χ3n) is 5.08. The maximum Gasteiger partial charge on any atom is 0.243 e. The Kier molecular flexibility index (Phi) is 5.42. The fraction of sp³-hybridized carbons (Fsp3) is 0.250. The number of sulfonamides is 1. The average molecular weight is 474 g/mol. The highest BCUT2D eigenvalue weighted by Gasteiger charge is 2.27. The summed E-state index contributed by atoms with van der Waals surface area (Å²) in [5.41, 5.74) is 1.57. The average Bonchev–Trinajstić information content (AvgIpc) is 3.50. The zero-order valence-corrected chi connectivity index (χ0v) is 18.8. The van der Waals surface area contributed by atoms with Crippen LogP contribution in [-0.4, -0.2) is 52.1 Å². The summed E-state index contributed by atoms with van der Waals surface area (Å²) < 4.78 is 29.8. The Morgan fingerprint density at radius 3 is 2.58 bits per heavy atom. The van der Waals surface area contributed by atoms with E-state index < -0.39 is 10.0 Å². The summed E-state index contributed by atoms with van der Waals surface area (Å²) in [5.74, 6) is -0.0323. The number of hydrogen-bond donors (Lipinski definition) is 1. The van der Waals surface area contributed by atoms with Crippen molar-refractivity contribution in [1.82, 2.24) is 18.9 Å². The van der Waals surface area contributed by atoms with Crippen LogP contribution in [0.3, 0.4) is 0 Å². The molecule has 0 spiro atoms. The van der Waals surface area contributed by atoms with Crippen LogP contribution in [0, 0.1) is 0 Å². The number of fused-ring (bicyclic) bond motifs is 3. The number of para-hydroxylation sites is 1. The fourth-order valence-electron chi connectivity index (χ4n) is 3.56. The molecule has 0 unspecified atom stereocenters. The van der Waals surface area contributed by atoms with Crippen molar-refractivity contribution in [2.24, 2.45) is 0 Å². The van der Waals surface area contributed by atoms with Gasteiger partial charge in [-0.25, -0.2) is 8.42 Å². The minimum atomic E-state index is -3.46. The van der Waals surface area contributed by atoms with Crippen molar-refractivity contribution in [2.45, 2.75) is 22.9 Å². The van der Waals surface area contributed by atoms with Gasteiger partial charge in [0.2, 0.25) is 20.9 Å². The van der Waals surface area contributed by atoms with Crippen LogP contribution in [0.2, 0.25) is 0 Å². The molecule has 1 aliphatic heterocycles. The lowest BCUT2D eigenvalue weighted by atomic mass is 10.3. The minimum Gasteiger partial charge on any atom is -0.325 e. The monoisotopic (exact) mass is 473 g/mol. The van der Waals surface area contributed by atoms with Crippen LogP contribution in [0.4, 0.5) is 5.69 Å². The Morgan fingerprint density at radius 1 is 1.06 bits per heavy atom. The number of rotatable bonds is 6. The molecule has 5 rings (SSSR count). The molecule has 160 valence electrons. The van der Waals surface area contributed by atoms with E-state index in [2.05, 4.69) is 15.5 Å². The highest BCUT2D eigenvalue weighted by molar-refractivity contribution is 7.99. The van der Waals surface area contributed by atoms with E-state index in [0.717, 1.165) is 28.0 Å². The largest absolute Gasteiger partial charge is 0.325 e. The van der Waals surface area contributed by atoms with Gasteiger partial charge < -0.3 is 5.32 Å². The third-order valence-corrected chi connectivity index (χ3v) is 8.94. The lowest BCUT2D eigenvalue weighted by Gasteiger charge is -2.15. The van der Waals surface area contributed by atoms with E-state index in [0.29, 0.717) is 23.9 Å². The number of benzene rings is 2. The number of hydrogen-bond acceptors (Lipinski definition) is 7. The number of carbonyl (C=O) groups excluding carboxylic acids is 1. The number of thioether (sulfide) groups is 1. The molecule has 1 saturated heterocycles. The molecule has 1 fully saturated rings. The summed E-state index contributed by atoms with van der Waals surface area (Å²) in [5, 5.41) is 11.9. The van der Waals surface area contributed by atoms with Crippen LogP contribution in [0.15, 0.2) is 58.6 Å². The molecule has 2 aromatic carbocycles. The SMILES string of the molecule is O=C(CSc1nnc2sc3ccccc3n12)Nc1ccc(S(=O)(=O)N2CCCC2)cc1. The molecule has 1 N–H and O–H groups in total. The number of nitrogens with zero attached hydrogens (tertiary/aromatic N) is 4. The first kappa shape index (κ1) is 20.4. The molecule has 3 heterocycles. The first-order valence-electron chi connectivity index (χ1n) is 9.78. The van der Waals surface area contributed by atoms with Crippen LogP contribution in [-0.2, 0) is 14.8 Å². The molecule has 0 bridgehead atoms. The number of aromatic nitrogens is 3. The molecule has 1 aliphatic rings. The van der Waals surface area contributed by atoms with Gasteiger partial charge in [-0.05, 0) is 49.2 Å². The Bertz CT molecular complexity index is 1360. The molecular formula is C20H19N5O3S3. The van der Waals surface area contributed by atoms with Crippen molar-refractivity contribution >= 4 is 59.9 Å². The molecule has 2 aromatic heterocycles. The third kappa shape index (κ3) is 3.93. The molecule has 0 atom stereocenters. The van der Waals surface area contributed by atoms with Crippen molar-refractivity contribution in [3.05, 3.63) is 48.5 Å². The maximum atomic E-state index is 12.6. The fourth-order valence-corrected chi connectivity index (χ4v) is 6.85. The predicted molar refractivity (Wildman–Crippen MR) is 122 cm³/mol. The van der Waals surface area contributed by atoms with E-state index in [4.69, 9.17) is 0 Å². The summed E-state index contributed by atoms with van der Waals surface area (Å²) in [4.78, 5) is 13.5. The normalized spacial score (nSPS) is 15.1. The Hall–Kier alpha value is -2.47. The number of carbonyl (C=O) groups is 1. The molecule has 4 aromatic rings. The number of anilines is 1. The summed E-state index contributed by atoms with van der Waals surface area (Å²) in [6, 6.07) is 14.3. The van der Waals surface area contributed by atoms with E-state index in [1.165, 1.54) is 28.2 Å². The Balaban J connectivity index is 1.24. The Morgan fingerprint density at radius 2 is 1.81 bits per heavy atom. The standard InChI is InChI=1S/C20H19N5O3S3/c26-18(13-29-19-22-23-20-25(19)16-5-1-2-6-17(16)30-20)21-14-7-9-15(10-8-14)31(27,28)24-11-3-4-12-24/h1-2,5-10H,3-4,11-13H2,(H,21,26). The molecule has 0 radical (unpaired) electrons. The van der Waals surface area contributed by atoms with E-state index in [1.807, 2.05) is 28.7 Å². The van der Waals surface area contributed by atoms with E-state index in [1.54, 1.807) is 23.5 Å². The second kappa shape index (κ2) is 8.23. The molecule has 0 saturated carbocycles. The summed E-state index contributed by atoms with van der Waals surface area (Å²) in [6.07, 6.45) is 1.79. The van der Waals surface area contributed by atoms with Crippen molar-refractivity contribution in [1.29, 1.82) is 0 Å². The first-order valence-corrected chi connectivity index (χ1v) is 13.0. The van der Waals surface area contributed by atoms with Gasteiger partial charge in [-0.15, -0.1) is 10.2 Å². The van der Waals surface area contributed by atoms with Gasteiger partial charge >= 0.3 is 0 Å². The Labute approximate surface area is 187 Å². The van der Waals surface area contributed by atoms with Crippen LogP contribution < -0.4 is 5.32 Å². The number of thiazole rings is 1. The minimum absolute atomic E-state index is 0.165. The topological polar surface area (TPSA) is 96.7 Å². The maximum absolute atomic E-state index is 12.6. The highest BCUT2D eigenvalue weighted by Crippen LogP contribution is 2.29. The van der Waals surface area contributed by atoms with Gasteiger partial charge in [0.15, 0.2) is 5.16 Å². The zero-order chi connectivity index (χ0) is 21.4. The molecular weight excluding hydrogens is 454 g/mol. The molecule has 8 nitrogen and oxygen atoms in total. The second-order valence-electron chi connectivity index (χ2n) is 7.14. The van der Waals surface area contributed by atoms with Gasteiger partial charge in [-0.1, -0.05) is 35.2 Å². The number of amides is 1. The van der Waals surface area contributed by atoms with E-state index in [-0.39, 0.29) is 16.6 Å². The molecule has 1 amide bonds. The number of nitrogens with one attached hydrogen (secondary N) is 1. The first-order chi connectivity index (χ1) is 15.0. The predicted octanol–water partition coefficient (Wildman–Crippen LogP) is 3.46. The van der Waals surface area contributed by atoms with Crippen molar-refractivity contribution in [2.75, 3.05) is 24.2 Å². The smallest absolute Gasteiger partial charge is 0.243 e. The highest BCUT2D eigenvalue weighted by atomic mass is 32.2. The van der Waals surface area contributed by atoms with Crippen molar-refractivity contribution in [3.8, 4) is 0 Å². The van der Waals surface area contributed by atoms with Crippen LogP contribution >= 0.6 is 23.1 Å².